The molecule has 3 aromatic carbocycles. The number of halogens is 1. The number of hydrogen-bond donors (Lipinski definition) is 1. The summed E-state index contributed by atoms with van der Waals surface area (Å²) in [6, 6.07) is 20.7. The summed E-state index contributed by atoms with van der Waals surface area (Å²) >= 11 is 8.98. The Morgan fingerprint density at radius 1 is 1.00 bits per heavy atom. The molecule has 196 valence electrons. The average Bonchev–Trinajstić information content (AvgIpc) is 3.53. The van der Waals surface area contributed by atoms with Crippen LogP contribution in [0.25, 0.3) is 5.76 Å². The van der Waals surface area contributed by atoms with Gasteiger partial charge in [-0.05, 0) is 41.5 Å². The maximum atomic E-state index is 13.4. The number of aliphatic hydroxyl groups is 1. The maximum absolute atomic E-state index is 13.4. The number of carbonyl (C=O) groups excluding carboxylic acids is 2. The Morgan fingerprint density at radius 3 is 2.59 bits per heavy atom. The topological polar surface area (TPSA) is 102 Å². The molecule has 1 fully saturated rings. The number of thioether (sulfide) groups is 1. The smallest absolute Gasteiger partial charge is 0.301 e. The van der Waals surface area contributed by atoms with Crippen molar-refractivity contribution in [2.75, 3.05) is 18.1 Å². The number of ketones is 1. The lowest BCUT2D eigenvalue weighted by Gasteiger charge is -2.23. The summed E-state index contributed by atoms with van der Waals surface area (Å²) in [7, 11) is 0. The Kier molecular flexibility index (Phi) is 6.99. The van der Waals surface area contributed by atoms with Crippen LogP contribution in [0.2, 0.25) is 5.02 Å². The number of Topliss-reactive ketones (excluding diaryl/α,β-unsaturated/α-hetero) is 1. The minimum atomic E-state index is -0.961. The summed E-state index contributed by atoms with van der Waals surface area (Å²) in [5.74, 6) is -0.310. The van der Waals surface area contributed by atoms with E-state index in [-0.39, 0.29) is 16.5 Å². The van der Waals surface area contributed by atoms with Gasteiger partial charge in [-0.15, -0.1) is 10.2 Å². The normalized spacial score (nSPS) is 18.0. The van der Waals surface area contributed by atoms with Crippen LogP contribution in [0.3, 0.4) is 0 Å². The summed E-state index contributed by atoms with van der Waals surface area (Å²) in [5.41, 5.74) is 1.92. The molecule has 39 heavy (non-hydrogen) atoms. The fourth-order valence-corrected chi connectivity index (χ4v) is 6.47. The number of carbonyl (C=O) groups is 2. The number of aromatic nitrogens is 2. The van der Waals surface area contributed by atoms with Gasteiger partial charge in [0, 0.05) is 16.3 Å². The van der Waals surface area contributed by atoms with E-state index in [1.807, 2.05) is 30.3 Å². The molecular weight excluding hydrogens is 558 g/mol. The van der Waals surface area contributed by atoms with Crippen molar-refractivity contribution < 1.29 is 24.2 Å². The fraction of sp³-hybridized carbons (Fsp3) is 0.143. The third-order valence-electron chi connectivity index (χ3n) is 6.23. The van der Waals surface area contributed by atoms with E-state index >= 15 is 0 Å². The minimum absolute atomic E-state index is 0.0763. The van der Waals surface area contributed by atoms with Crippen LogP contribution < -0.4 is 14.4 Å². The van der Waals surface area contributed by atoms with Gasteiger partial charge in [0.05, 0.1) is 11.6 Å². The highest BCUT2D eigenvalue weighted by Gasteiger charge is 2.48. The van der Waals surface area contributed by atoms with Gasteiger partial charge in [-0.2, -0.15) is 0 Å². The standard InChI is InChI=1S/C28H20ClN3O5S2/c29-19-8-4-7-17(13-19)23-22(24(33)18-9-10-20-21(14-18)37-12-11-36-20)25(34)26(35)32(23)27-30-31-28(39-27)38-15-16-5-2-1-3-6-16/h1-10,13-14,23,33H,11-12,15H2/b24-22-. The molecule has 1 atom stereocenters. The average molecular weight is 578 g/mol. The largest absolute Gasteiger partial charge is 0.507 e. The van der Waals surface area contributed by atoms with E-state index in [4.69, 9.17) is 21.1 Å². The van der Waals surface area contributed by atoms with Crippen LogP contribution >= 0.6 is 34.7 Å². The van der Waals surface area contributed by atoms with Gasteiger partial charge < -0.3 is 14.6 Å². The van der Waals surface area contributed by atoms with Crippen LogP contribution in [0.5, 0.6) is 11.5 Å². The Bertz CT molecular complexity index is 1610. The fourth-order valence-electron chi connectivity index (χ4n) is 4.45. The van der Waals surface area contributed by atoms with E-state index < -0.39 is 17.7 Å². The van der Waals surface area contributed by atoms with Gasteiger partial charge >= 0.3 is 5.91 Å². The molecule has 0 bridgehead atoms. The number of nitrogens with zero attached hydrogens (tertiary/aromatic N) is 3. The molecule has 0 aliphatic carbocycles. The monoisotopic (exact) mass is 577 g/mol. The Labute approximate surface area is 236 Å². The minimum Gasteiger partial charge on any atom is -0.507 e. The molecule has 1 N–H and O–H groups in total. The number of aliphatic hydroxyl groups excluding tert-OH is 1. The Hall–Kier alpha value is -3.86. The summed E-state index contributed by atoms with van der Waals surface area (Å²) in [6.07, 6.45) is 0. The molecule has 0 saturated carbocycles. The highest BCUT2D eigenvalue weighted by molar-refractivity contribution is 8.00. The number of hydrogen-bond acceptors (Lipinski definition) is 9. The zero-order valence-corrected chi connectivity index (χ0v) is 22.6. The molecule has 8 nitrogen and oxygen atoms in total. The van der Waals surface area contributed by atoms with Crippen LogP contribution in [0.15, 0.2) is 82.7 Å². The van der Waals surface area contributed by atoms with Crippen molar-refractivity contribution in [3.63, 3.8) is 0 Å². The van der Waals surface area contributed by atoms with Crippen molar-refractivity contribution in [1.82, 2.24) is 10.2 Å². The summed E-state index contributed by atoms with van der Waals surface area (Å²) in [4.78, 5) is 28.1. The highest BCUT2D eigenvalue weighted by Crippen LogP contribution is 2.45. The molecule has 4 aromatic rings. The van der Waals surface area contributed by atoms with Crippen molar-refractivity contribution >= 4 is 57.3 Å². The second kappa shape index (κ2) is 10.7. The van der Waals surface area contributed by atoms with E-state index in [0.29, 0.717) is 51.0 Å². The molecule has 0 spiro atoms. The van der Waals surface area contributed by atoms with E-state index in [1.54, 1.807) is 42.5 Å². The number of benzene rings is 3. The van der Waals surface area contributed by atoms with Gasteiger partial charge in [0.2, 0.25) is 5.13 Å². The third kappa shape index (κ3) is 4.98. The number of fused-ring (bicyclic) bond motifs is 1. The van der Waals surface area contributed by atoms with Gasteiger partial charge in [0.1, 0.15) is 19.0 Å². The van der Waals surface area contributed by atoms with Gasteiger partial charge in [-0.1, -0.05) is 77.2 Å². The van der Waals surface area contributed by atoms with E-state index in [2.05, 4.69) is 10.2 Å². The lowest BCUT2D eigenvalue weighted by molar-refractivity contribution is -0.132. The van der Waals surface area contributed by atoms with Crippen LogP contribution in [0, 0.1) is 0 Å². The van der Waals surface area contributed by atoms with Crippen LogP contribution in [-0.2, 0) is 15.3 Å². The molecule has 0 radical (unpaired) electrons. The summed E-state index contributed by atoms with van der Waals surface area (Å²) < 4.78 is 11.9. The van der Waals surface area contributed by atoms with E-state index in [9.17, 15) is 14.7 Å². The first-order valence-electron chi connectivity index (χ1n) is 12.0. The first-order valence-corrected chi connectivity index (χ1v) is 14.1. The summed E-state index contributed by atoms with van der Waals surface area (Å²) in [5, 5.41) is 20.6. The van der Waals surface area contributed by atoms with E-state index in [0.717, 1.165) is 5.56 Å². The van der Waals surface area contributed by atoms with Gasteiger partial charge in [-0.3, -0.25) is 14.5 Å². The highest BCUT2D eigenvalue weighted by atomic mass is 35.5. The molecule has 2 aliphatic rings. The Balaban J connectivity index is 1.40. The van der Waals surface area contributed by atoms with Crippen molar-refractivity contribution in [2.24, 2.45) is 0 Å². The lowest BCUT2D eigenvalue weighted by Crippen LogP contribution is -2.29. The van der Waals surface area contributed by atoms with E-state index in [1.165, 1.54) is 28.0 Å². The quantitative estimate of drug-likeness (QED) is 0.0996. The molecule has 1 unspecified atom stereocenters. The molecule has 1 amide bonds. The molecule has 3 heterocycles. The molecule has 6 rings (SSSR count). The second-order valence-electron chi connectivity index (χ2n) is 8.71. The zero-order chi connectivity index (χ0) is 26.9. The number of ether oxygens (including phenoxy) is 2. The molecule has 2 aliphatic heterocycles. The van der Waals surface area contributed by atoms with Gasteiger partial charge in [0.15, 0.2) is 15.8 Å². The number of amides is 1. The molecule has 11 heteroatoms. The summed E-state index contributed by atoms with van der Waals surface area (Å²) in [6.45, 7) is 0.789. The van der Waals surface area contributed by atoms with Gasteiger partial charge in [-0.25, -0.2) is 0 Å². The van der Waals surface area contributed by atoms with Crippen LogP contribution in [0.1, 0.15) is 22.7 Å². The number of anilines is 1. The van der Waals surface area contributed by atoms with Crippen molar-refractivity contribution in [2.45, 2.75) is 16.1 Å². The first kappa shape index (κ1) is 25.4. The molecular formula is C28H20ClN3O5S2. The predicted octanol–water partition coefficient (Wildman–Crippen LogP) is 5.88. The zero-order valence-electron chi connectivity index (χ0n) is 20.2. The van der Waals surface area contributed by atoms with Gasteiger partial charge in [0.25, 0.3) is 5.78 Å². The third-order valence-corrected chi connectivity index (χ3v) is 8.59. The number of rotatable bonds is 6. The van der Waals surface area contributed by atoms with Crippen molar-refractivity contribution in [3.05, 3.63) is 100 Å². The Morgan fingerprint density at radius 2 is 1.79 bits per heavy atom. The first-order chi connectivity index (χ1) is 19.0. The lowest BCUT2D eigenvalue weighted by atomic mass is 9.95. The van der Waals surface area contributed by atoms with Crippen LogP contribution in [0.4, 0.5) is 5.13 Å². The van der Waals surface area contributed by atoms with Crippen molar-refractivity contribution in [1.29, 1.82) is 0 Å². The molecule has 1 saturated heterocycles. The van der Waals surface area contributed by atoms with Crippen LogP contribution in [-0.4, -0.2) is 40.2 Å². The molecule has 1 aromatic heterocycles. The maximum Gasteiger partial charge on any atom is 0.301 e. The second-order valence-corrected chi connectivity index (χ2v) is 11.3. The van der Waals surface area contributed by atoms with Crippen molar-refractivity contribution in [3.8, 4) is 11.5 Å². The SMILES string of the molecule is O=C1C(=O)N(c2nnc(SCc3ccccc3)s2)C(c2cccc(Cl)c2)/C1=C(/O)c1ccc2c(c1)OCCO2. The predicted molar refractivity (Wildman–Crippen MR) is 150 cm³/mol.